The minimum absolute atomic E-state index is 0.0942. The molecule has 0 saturated heterocycles. The molecule has 0 atom stereocenters. The maximum atomic E-state index is 11.5. The largest absolute Gasteiger partial charge is 0.444 e. The molecule has 16 heavy (non-hydrogen) atoms. The number of carbonyl (C=O) groups is 1. The SMILES string of the molecule is C=CC1(CNC(=O)OC(C)(C)C)CCCC1. The van der Waals surface area contributed by atoms with Gasteiger partial charge in [0.05, 0.1) is 0 Å². The summed E-state index contributed by atoms with van der Waals surface area (Å²) in [5.74, 6) is 0. The molecule has 3 nitrogen and oxygen atoms in total. The van der Waals surface area contributed by atoms with Crippen molar-refractivity contribution >= 4 is 6.09 Å². The number of carbonyl (C=O) groups excluding carboxylic acids is 1. The molecule has 1 fully saturated rings. The number of ether oxygens (including phenoxy) is 1. The fraction of sp³-hybridized carbons (Fsp3) is 0.769. The van der Waals surface area contributed by atoms with Crippen LogP contribution in [0.4, 0.5) is 4.79 Å². The van der Waals surface area contributed by atoms with E-state index in [2.05, 4.69) is 11.9 Å². The van der Waals surface area contributed by atoms with E-state index >= 15 is 0 Å². The van der Waals surface area contributed by atoms with Crippen molar-refractivity contribution in [2.24, 2.45) is 5.41 Å². The molecule has 3 heteroatoms. The molecule has 92 valence electrons. The van der Waals surface area contributed by atoms with Gasteiger partial charge in [0.2, 0.25) is 0 Å². The summed E-state index contributed by atoms with van der Waals surface area (Å²) in [4.78, 5) is 11.5. The second kappa shape index (κ2) is 4.89. The predicted octanol–water partition coefficient (Wildman–Crippen LogP) is 3.26. The van der Waals surface area contributed by atoms with Crippen molar-refractivity contribution in [2.75, 3.05) is 6.54 Å². The van der Waals surface area contributed by atoms with Crippen LogP contribution in [0.1, 0.15) is 46.5 Å². The lowest BCUT2D eigenvalue weighted by atomic mass is 9.86. The Labute approximate surface area is 98.2 Å². The Hall–Kier alpha value is -0.990. The summed E-state index contributed by atoms with van der Waals surface area (Å²) < 4.78 is 5.20. The molecule has 1 aliphatic carbocycles. The van der Waals surface area contributed by atoms with Crippen molar-refractivity contribution in [2.45, 2.75) is 52.1 Å². The standard InChI is InChI=1S/C13H23NO2/c1-5-13(8-6-7-9-13)10-14-11(15)16-12(2,3)4/h5H,1,6-10H2,2-4H3,(H,14,15). The number of amides is 1. The van der Waals surface area contributed by atoms with Crippen molar-refractivity contribution in [1.82, 2.24) is 5.32 Å². The van der Waals surface area contributed by atoms with E-state index in [4.69, 9.17) is 4.74 Å². The van der Waals surface area contributed by atoms with Crippen LogP contribution in [0, 0.1) is 5.41 Å². The van der Waals surface area contributed by atoms with Crippen LogP contribution in [0.15, 0.2) is 12.7 Å². The maximum absolute atomic E-state index is 11.5. The lowest BCUT2D eigenvalue weighted by molar-refractivity contribution is 0.0510. The summed E-state index contributed by atoms with van der Waals surface area (Å²) in [5.41, 5.74) is -0.335. The van der Waals surface area contributed by atoms with Crippen molar-refractivity contribution in [3.63, 3.8) is 0 Å². The average molecular weight is 225 g/mol. The lowest BCUT2D eigenvalue weighted by Gasteiger charge is -2.26. The summed E-state index contributed by atoms with van der Waals surface area (Å²) >= 11 is 0. The second-order valence-corrected chi connectivity index (χ2v) is 5.63. The van der Waals surface area contributed by atoms with Crippen LogP contribution < -0.4 is 5.32 Å². The zero-order chi connectivity index (χ0) is 12.2. The fourth-order valence-electron chi connectivity index (χ4n) is 2.09. The first-order valence-corrected chi connectivity index (χ1v) is 5.97. The summed E-state index contributed by atoms with van der Waals surface area (Å²) in [6, 6.07) is 0. The van der Waals surface area contributed by atoms with E-state index in [1.54, 1.807) is 0 Å². The van der Waals surface area contributed by atoms with E-state index in [1.807, 2.05) is 26.8 Å². The van der Waals surface area contributed by atoms with Crippen molar-refractivity contribution < 1.29 is 9.53 Å². The summed E-state index contributed by atoms with van der Waals surface area (Å²) in [6.45, 7) is 10.1. The first kappa shape index (κ1) is 13.1. The topological polar surface area (TPSA) is 38.3 Å². The summed E-state index contributed by atoms with van der Waals surface area (Å²) in [6.07, 6.45) is 6.33. The molecular formula is C13H23NO2. The minimum Gasteiger partial charge on any atom is -0.444 e. The molecule has 0 unspecified atom stereocenters. The monoisotopic (exact) mass is 225 g/mol. The molecule has 1 amide bonds. The Kier molecular flexibility index (Phi) is 4.00. The van der Waals surface area contributed by atoms with Gasteiger partial charge in [0.15, 0.2) is 0 Å². The van der Waals surface area contributed by atoms with Crippen LogP contribution in [0.5, 0.6) is 0 Å². The number of hydrogen-bond acceptors (Lipinski definition) is 2. The molecule has 0 spiro atoms. The highest BCUT2D eigenvalue weighted by molar-refractivity contribution is 5.67. The second-order valence-electron chi connectivity index (χ2n) is 5.63. The van der Waals surface area contributed by atoms with Crippen LogP contribution in [-0.4, -0.2) is 18.2 Å². The lowest BCUT2D eigenvalue weighted by Crippen LogP contribution is -2.38. The van der Waals surface area contributed by atoms with Gasteiger partial charge in [-0.3, -0.25) is 0 Å². The van der Waals surface area contributed by atoms with E-state index in [1.165, 1.54) is 12.8 Å². The zero-order valence-corrected chi connectivity index (χ0v) is 10.6. The zero-order valence-electron chi connectivity index (χ0n) is 10.6. The highest BCUT2D eigenvalue weighted by atomic mass is 16.6. The highest BCUT2D eigenvalue weighted by Gasteiger charge is 2.31. The molecule has 1 N–H and O–H groups in total. The smallest absolute Gasteiger partial charge is 0.407 e. The quantitative estimate of drug-likeness (QED) is 0.749. The van der Waals surface area contributed by atoms with Crippen LogP contribution in [0.25, 0.3) is 0 Å². The van der Waals surface area contributed by atoms with Gasteiger partial charge in [-0.2, -0.15) is 0 Å². The van der Waals surface area contributed by atoms with Gasteiger partial charge >= 0.3 is 6.09 Å². The van der Waals surface area contributed by atoms with E-state index < -0.39 is 5.60 Å². The Balaban J connectivity index is 2.38. The number of hydrogen-bond donors (Lipinski definition) is 1. The maximum Gasteiger partial charge on any atom is 0.407 e. The molecule has 0 aromatic rings. The third-order valence-corrected chi connectivity index (χ3v) is 3.02. The Morgan fingerprint density at radius 2 is 2.00 bits per heavy atom. The first-order chi connectivity index (χ1) is 7.37. The minimum atomic E-state index is -0.429. The van der Waals surface area contributed by atoms with E-state index in [0.717, 1.165) is 12.8 Å². The van der Waals surface area contributed by atoms with Gasteiger partial charge in [0.25, 0.3) is 0 Å². The molecule has 0 heterocycles. The van der Waals surface area contributed by atoms with E-state index in [9.17, 15) is 4.79 Å². The Bertz CT molecular complexity index is 260. The first-order valence-electron chi connectivity index (χ1n) is 5.97. The number of nitrogens with one attached hydrogen (secondary N) is 1. The molecule has 1 rings (SSSR count). The summed E-state index contributed by atoms with van der Waals surface area (Å²) in [7, 11) is 0. The molecule has 1 aliphatic rings. The van der Waals surface area contributed by atoms with Crippen molar-refractivity contribution in [1.29, 1.82) is 0 Å². The molecule has 0 bridgehead atoms. The average Bonchev–Trinajstić information content (AvgIpc) is 2.61. The van der Waals surface area contributed by atoms with Gasteiger partial charge in [-0.1, -0.05) is 18.9 Å². The molecular weight excluding hydrogens is 202 g/mol. The summed E-state index contributed by atoms with van der Waals surface area (Å²) in [5, 5.41) is 2.84. The molecule has 0 radical (unpaired) electrons. The van der Waals surface area contributed by atoms with E-state index in [-0.39, 0.29) is 11.5 Å². The third kappa shape index (κ3) is 3.87. The van der Waals surface area contributed by atoms with Crippen LogP contribution in [-0.2, 0) is 4.74 Å². The van der Waals surface area contributed by atoms with E-state index in [0.29, 0.717) is 6.54 Å². The van der Waals surface area contributed by atoms with Gasteiger partial charge < -0.3 is 10.1 Å². The van der Waals surface area contributed by atoms with Gasteiger partial charge in [-0.05, 0) is 33.6 Å². The Morgan fingerprint density at radius 1 is 1.44 bits per heavy atom. The van der Waals surface area contributed by atoms with Gasteiger partial charge in [0, 0.05) is 12.0 Å². The Morgan fingerprint density at radius 3 is 2.44 bits per heavy atom. The molecule has 0 aliphatic heterocycles. The predicted molar refractivity (Wildman–Crippen MR) is 65.3 cm³/mol. The highest BCUT2D eigenvalue weighted by Crippen LogP contribution is 2.38. The van der Waals surface area contributed by atoms with Gasteiger partial charge in [0.1, 0.15) is 5.60 Å². The van der Waals surface area contributed by atoms with Crippen molar-refractivity contribution in [3.8, 4) is 0 Å². The normalized spacial score (nSPS) is 19.2. The van der Waals surface area contributed by atoms with Crippen LogP contribution in [0.3, 0.4) is 0 Å². The van der Waals surface area contributed by atoms with Crippen LogP contribution in [0.2, 0.25) is 0 Å². The number of alkyl carbamates (subject to hydrolysis) is 1. The molecule has 0 aromatic heterocycles. The van der Waals surface area contributed by atoms with Crippen LogP contribution >= 0.6 is 0 Å². The third-order valence-electron chi connectivity index (χ3n) is 3.02. The van der Waals surface area contributed by atoms with Crippen molar-refractivity contribution in [3.05, 3.63) is 12.7 Å². The van der Waals surface area contributed by atoms with Gasteiger partial charge in [-0.25, -0.2) is 4.79 Å². The number of rotatable bonds is 3. The fourth-order valence-corrected chi connectivity index (χ4v) is 2.09. The molecule has 1 saturated carbocycles. The van der Waals surface area contributed by atoms with Gasteiger partial charge in [-0.15, -0.1) is 6.58 Å². The molecule has 0 aromatic carbocycles.